The Balaban J connectivity index is 2.75. The number of pyridine rings is 1. The zero-order valence-electron chi connectivity index (χ0n) is 14.3. The van der Waals surface area contributed by atoms with Gasteiger partial charge in [-0.1, -0.05) is 12.1 Å². The summed E-state index contributed by atoms with van der Waals surface area (Å²) in [4.78, 5) is 40.7. The second-order valence-corrected chi connectivity index (χ2v) is 6.24. The van der Waals surface area contributed by atoms with E-state index in [4.69, 9.17) is 4.84 Å². The molecule has 0 saturated carbocycles. The molecule has 1 heterocycles. The lowest BCUT2D eigenvalue weighted by Crippen LogP contribution is -2.39. The largest absolute Gasteiger partial charge is 0.465 e. The van der Waals surface area contributed by atoms with Crippen LogP contribution in [0.3, 0.4) is 0 Å². The molecule has 0 bridgehead atoms. The van der Waals surface area contributed by atoms with E-state index in [9.17, 15) is 19.7 Å². The normalized spacial score (nSPS) is 11.0. The summed E-state index contributed by atoms with van der Waals surface area (Å²) >= 11 is 0. The van der Waals surface area contributed by atoms with Crippen LogP contribution in [0.25, 0.3) is 11.1 Å². The molecule has 0 amide bonds. The molecular formula is C17H18N2O6. The van der Waals surface area contributed by atoms with Crippen molar-refractivity contribution in [3.63, 3.8) is 0 Å². The molecular weight excluding hydrogens is 328 g/mol. The summed E-state index contributed by atoms with van der Waals surface area (Å²) in [5.74, 6) is -0.850. The molecule has 2 rings (SSSR count). The van der Waals surface area contributed by atoms with Crippen molar-refractivity contribution < 1.29 is 19.3 Å². The molecule has 0 unspecified atom stereocenters. The molecule has 0 fully saturated rings. The Morgan fingerprint density at radius 1 is 1.24 bits per heavy atom. The van der Waals surface area contributed by atoms with E-state index < -0.39 is 22.1 Å². The second kappa shape index (κ2) is 6.76. The zero-order chi connectivity index (χ0) is 18.8. The van der Waals surface area contributed by atoms with E-state index in [1.165, 1.54) is 30.5 Å². The van der Waals surface area contributed by atoms with Gasteiger partial charge in [0.1, 0.15) is 11.2 Å². The number of carbonyl (C=O) groups excluding carboxylic acids is 1. The highest BCUT2D eigenvalue weighted by molar-refractivity contribution is 5.91. The molecule has 132 valence electrons. The van der Waals surface area contributed by atoms with Crippen molar-refractivity contribution in [2.75, 3.05) is 7.11 Å². The van der Waals surface area contributed by atoms with Crippen LogP contribution >= 0.6 is 0 Å². The fourth-order valence-corrected chi connectivity index (χ4v) is 2.20. The Kier molecular flexibility index (Phi) is 4.92. The number of nitro benzene ring substituents is 1. The molecule has 0 saturated heterocycles. The summed E-state index contributed by atoms with van der Waals surface area (Å²) in [7, 11) is 1.15. The van der Waals surface area contributed by atoms with Gasteiger partial charge < -0.3 is 9.57 Å². The van der Waals surface area contributed by atoms with Crippen molar-refractivity contribution in [3.8, 4) is 11.1 Å². The molecule has 2 aromatic rings. The third-order valence-electron chi connectivity index (χ3n) is 3.18. The Morgan fingerprint density at radius 3 is 2.44 bits per heavy atom. The van der Waals surface area contributed by atoms with Gasteiger partial charge in [-0.15, -0.1) is 0 Å². The maximum Gasteiger partial charge on any atom is 0.343 e. The minimum Gasteiger partial charge on any atom is -0.465 e. The van der Waals surface area contributed by atoms with E-state index in [1.54, 1.807) is 26.8 Å². The highest BCUT2D eigenvalue weighted by Crippen LogP contribution is 2.29. The first-order chi connectivity index (χ1) is 11.6. The van der Waals surface area contributed by atoms with Crippen LogP contribution in [0.15, 0.2) is 41.3 Å². The minimum absolute atomic E-state index is 0.153. The molecule has 8 heteroatoms. The maximum absolute atomic E-state index is 12.5. The smallest absolute Gasteiger partial charge is 0.343 e. The van der Waals surface area contributed by atoms with Gasteiger partial charge in [0.2, 0.25) is 0 Å². The van der Waals surface area contributed by atoms with E-state index >= 15 is 0 Å². The molecule has 0 atom stereocenters. The van der Waals surface area contributed by atoms with Crippen LogP contribution in [-0.2, 0) is 4.74 Å². The number of aromatic nitrogens is 1. The average molecular weight is 346 g/mol. The number of hydrogen-bond donors (Lipinski definition) is 0. The quantitative estimate of drug-likeness (QED) is 0.479. The fraction of sp³-hybridized carbons (Fsp3) is 0.294. The number of esters is 1. The van der Waals surface area contributed by atoms with Gasteiger partial charge in [0.25, 0.3) is 11.2 Å². The van der Waals surface area contributed by atoms with Crippen molar-refractivity contribution in [3.05, 3.63) is 62.6 Å². The van der Waals surface area contributed by atoms with Crippen LogP contribution in [0, 0.1) is 10.1 Å². The van der Waals surface area contributed by atoms with Crippen molar-refractivity contribution >= 4 is 11.7 Å². The minimum atomic E-state index is -0.850. The highest BCUT2D eigenvalue weighted by Gasteiger charge is 2.22. The zero-order valence-corrected chi connectivity index (χ0v) is 14.3. The number of carbonyl (C=O) groups is 1. The predicted molar refractivity (Wildman–Crippen MR) is 90.5 cm³/mol. The second-order valence-electron chi connectivity index (χ2n) is 6.24. The van der Waals surface area contributed by atoms with Crippen molar-refractivity contribution in [1.29, 1.82) is 0 Å². The van der Waals surface area contributed by atoms with Crippen LogP contribution < -0.4 is 10.4 Å². The summed E-state index contributed by atoms with van der Waals surface area (Å²) in [6, 6.07) is 7.29. The summed E-state index contributed by atoms with van der Waals surface area (Å²) in [6.07, 6.45) is 1.32. The number of methoxy groups -OCH3 is 1. The third kappa shape index (κ3) is 4.03. The number of nitrogens with zero attached hydrogens (tertiary/aromatic N) is 2. The lowest BCUT2D eigenvalue weighted by Gasteiger charge is -2.22. The van der Waals surface area contributed by atoms with Gasteiger partial charge in [-0.2, -0.15) is 4.73 Å². The van der Waals surface area contributed by atoms with Gasteiger partial charge in [0.15, 0.2) is 0 Å². The van der Waals surface area contributed by atoms with E-state index in [0.717, 1.165) is 11.8 Å². The first kappa shape index (κ1) is 18.2. The average Bonchev–Trinajstić information content (AvgIpc) is 2.54. The van der Waals surface area contributed by atoms with Crippen LogP contribution in [0.5, 0.6) is 0 Å². The first-order valence-corrected chi connectivity index (χ1v) is 7.42. The molecule has 0 spiro atoms. The van der Waals surface area contributed by atoms with Gasteiger partial charge in [-0.05, 0) is 32.9 Å². The van der Waals surface area contributed by atoms with Gasteiger partial charge >= 0.3 is 5.97 Å². The molecule has 0 aliphatic heterocycles. The lowest BCUT2D eigenvalue weighted by molar-refractivity contribution is -0.384. The number of para-hydroxylation sites is 1. The predicted octanol–water partition coefficient (Wildman–Crippen LogP) is 2.44. The van der Waals surface area contributed by atoms with E-state index in [0.29, 0.717) is 0 Å². The monoisotopic (exact) mass is 346 g/mol. The summed E-state index contributed by atoms with van der Waals surface area (Å²) in [5, 5.41) is 11.3. The number of hydrogen-bond acceptors (Lipinski definition) is 6. The number of nitro groups is 1. The molecule has 8 nitrogen and oxygen atoms in total. The Hall–Kier alpha value is -3.16. The standard InChI is InChI=1S/C17H18N2O6/c1-17(2,3)25-18-10-11(9-13(15(18)20)16(21)24-4)12-7-5-6-8-14(12)19(22)23/h5-10H,1-4H3. The topological polar surface area (TPSA) is 101 Å². The van der Waals surface area contributed by atoms with E-state index in [1.807, 2.05) is 0 Å². The Morgan fingerprint density at radius 2 is 1.88 bits per heavy atom. The fourth-order valence-electron chi connectivity index (χ4n) is 2.20. The van der Waals surface area contributed by atoms with E-state index in [2.05, 4.69) is 4.74 Å². The summed E-state index contributed by atoms with van der Waals surface area (Å²) in [5.41, 5.74) is -1.32. The Labute approximate surface area is 143 Å². The van der Waals surface area contributed by atoms with Crippen LogP contribution in [0.1, 0.15) is 31.1 Å². The van der Waals surface area contributed by atoms with Gasteiger partial charge in [0, 0.05) is 11.6 Å². The van der Waals surface area contributed by atoms with Crippen LogP contribution in [0.2, 0.25) is 0 Å². The maximum atomic E-state index is 12.5. The number of rotatable bonds is 4. The molecule has 0 aliphatic rings. The number of benzene rings is 1. The highest BCUT2D eigenvalue weighted by atomic mass is 16.7. The lowest BCUT2D eigenvalue weighted by atomic mass is 10.0. The molecule has 0 N–H and O–H groups in total. The molecule has 1 aromatic heterocycles. The van der Waals surface area contributed by atoms with Crippen molar-refractivity contribution in [1.82, 2.24) is 4.73 Å². The van der Waals surface area contributed by atoms with E-state index in [-0.39, 0.29) is 22.4 Å². The summed E-state index contributed by atoms with van der Waals surface area (Å²) in [6.45, 7) is 5.19. The van der Waals surface area contributed by atoms with Gasteiger partial charge in [0.05, 0.1) is 23.8 Å². The van der Waals surface area contributed by atoms with Crippen molar-refractivity contribution in [2.45, 2.75) is 26.4 Å². The van der Waals surface area contributed by atoms with Gasteiger partial charge in [-0.25, -0.2) is 4.79 Å². The molecule has 1 aromatic carbocycles. The summed E-state index contributed by atoms with van der Waals surface area (Å²) < 4.78 is 5.53. The van der Waals surface area contributed by atoms with Crippen molar-refractivity contribution in [2.24, 2.45) is 0 Å². The number of ether oxygens (including phenoxy) is 1. The molecule has 0 radical (unpaired) electrons. The molecule has 0 aliphatic carbocycles. The van der Waals surface area contributed by atoms with Crippen LogP contribution in [0.4, 0.5) is 5.69 Å². The first-order valence-electron chi connectivity index (χ1n) is 7.42. The Bertz CT molecular complexity index is 879. The third-order valence-corrected chi connectivity index (χ3v) is 3.18. The van der Waals surface area contributed by atoms with Gasteiger partial charge in [-0.3, -0.25) is 14.9 Å². The van der Waals surface area contributed by atoms with Crippen LogP contribution in [-0.4, -0.2) is 28.3 Å². The molecule has 25 heavy (non-hydrogen) atoms. The SMILES string of the molecule is COC(=O)c1cc(-c2ccccc2[N+](=O)[O-])cn(OC(C)(C)C)c1=O.